The molecular formula is C43H58IN7O6+2. The molecule has 0 radical (unpaired) electrons. The number of alkyl halides is 1. The van der Waals surface area contributed by atoms with Crippen LogP contribution in [0.25, 0.3) is 0 Å². The molecular weight excluding hydrogens is 837 g/mol. The number of aryl methyl sites for hydroxylation is 1. The van der Waals surface area contributed by atoms with Crippen molar-refractivity contribution in [2.45, 2.75) is 38.9 Å². The Morgan fingerprint density at radius 3 is 1.68 bits per heavy atom. The van der Waals surface area contributed by atoms with Crippen LogP contribution in [0.1, 0.15) is 35.1 Å². The first kappa shape index (κ1) is 43.8. The SMILES string of the molecule is CNCCCCc1ccc(C[N+](C)(CCN2C(=O)C=C(C3=CC(=O)N(CC[N+](C)(C)Cc4ccc(C[NH+](C)CCN5C(=O)C=CC5=O)cc4)C3=O)C2=O)[I-]C)cc1. The van der Waals surface area contributed by atoms with Gasteiger partial charge in [0.05, 0.1) is 34.2 Å². The molecule has 57 heavy (non-hydrogen) atoms. The number of quaternary nitrogens is 3. The molecule has 0 bridgehead atoms. The summed E-state index contributed by atoms with van der Waals surface area (Å²) in [6, 6.07) is 17.1. The molecule has 2 N–H and O–H groups in total. The first-order chi connectivity index (χ1) is 27.1. The van der Waals surface area contributed by atoms with Gasteiger partial charge in [-0.1, -0.05) is 24.3 Å². The second kappa shape index (κ2) is 19.4. The summed E-state index contributed by atoms with van der Waals surface area (Å²) in [7, 11) is 10.2. The van der Waals surface area contributed by atoms with E-state index in [0.717, 1.165) is 52.7 Å². The Kier molecular flexibility index (Phi) is 14.9. The number of hydrogen-bond acceptors (Lipinski definition) is 7. The Bertz CT molecular complexity index is 1920. The van der Waals surface area contributed by atoms with Crippen LogP contribution in [0.4, 0.5) is 0 Å². The molecule has 6 amide bonds. The quantitative estimate of drug-likeness (QED) is 0.0338. The number of nitrogens with one attached hydrogen (secondary N) is 2. The first-order valence-electron chi connectivity index (χ1n) is 19.6. The summed E-state index contributed by atoms with van der Waals surface area (Å²) in [5.74, 6) is -2.55. The van der Waals surface area contributed by atoms with E-state index in [2.05, 4.69) is 65.8 Å². The Labute approximate surface area is 347 Å². The number of likely N-dealkylation sites (N-methyl/N-ethyl adjacent to an activating group) is 3. The van der Waals surface area contributed by atoms with Crippen molar-refractivity contribution in [2.75, 3.05) is 86.0 Å². The van der Waals surface area contributed by atoms with Gasteiger partial charge in [-0.3, -0.25) is 14.5 Å². The Hall–Kier alpha value is -4.35. The second-order valence-electron chi connectivity index (χ2n) is 16.1. The molecule has 5 rings (SSSR count). The van der Waals surface area contributed by atoms with Gasteiger partial charge in [-0.15, -0.1) is 0 Å². The topological polar surface area (TPSA) is 129 Å². The number of carbonyl (C=O) groups is 6. The molecule has 3 heterocycles. The standard InChI is InChI=1S/C43H57IN7O6/c1-44-51(6,31-35-14-10-32(11-15-35)9-7-8-20-45-2)26-24-49-41(55)28-37(43(49)57)36-27-40(54)48(42(36)56)23-25-50(4,5)30-34-16-12-33(13-17-34)29-46(3)21-22-47-38(52)18-19-39(47)53/h10-19,27-28,45H,7-9,20-26,29-31H2,1-6H3/q+1/p+1. The summed E-state index contributed by atoms with van der Waals surface area (Å²) in [5, 5.41) is 3.19. The molecule has 306 valence electrons. The number of amides is 6. The van der Waals surface area contributed by atoms with Crippen LogP contribution in [0, 0.1) is 0 Å². The summed E-state index contributed by atoms with van der Waals surface area (Å²) in [6.45, 7) is 5.74. The van der Waals surface area contributed by atoms with Crippen molar-refractivity contribution in [1.82, 2.24) is 20.0 Å². The zero-order valence-corrected chi connectivity index (χ0v) is 36.3. The third kappa shape index (κ3) is 11.6. The van der Waals surface area contributed by atoms with E-state index in [1.54, 1.807) is 0 Å². The van der Waals surface area contributed by atoms with Gasteiger partial charge in [0.15, 0.2) is 0 Å². The van der Waals surface area contributed by atoms with E-state index in [4.69, 9.17) is 0 Å². The van der Waals surface area contributed by atoms with E-state index in [1.807, 2.05) is 28.2 Å². The van der Waals surface area contributed by atoms with Gasteiger partial charge in [-0.25, -0.2) is 0 Å². The van der Waals surface area contributed by atoms with Crippen LogP contribution in [0.2, 0.25) is 0 Å². The Morgan fingerprint density at radius 1 is 0.632 bits per heavy atom. The van der Waals surface area contributed by atoms with Crippen LogP contribution in [0.3, 0.4) is 0 Å². The van der Waals surface area contributed by atoms with Crippen LogP contribution >= 0.6 is 0 Å². The molecule has 3 aliphatic heterocycles. The number of imide groups is 3. The number of halogens is 1. The fourth-order valence-corrected chi connectivity index (χ4v) is 8.71. The molecule has 2 aromatic rings. The summed E-state index contributed by atoms with van der Waals surface area (Å²) in [5.41, 5.74) is 4.75. The Balaban J connectivity index is 1.08. The average molecular weight is 896 g/mol. The molecule has 0 aromatic heterocycles. The van der Waals surface area contributed by atoms with Crippen LogP contribution in [-0.2, 0) is 54.8 Å². The molecule has 0 aliphatic carbocycles. The van der Waals surface area contributed by atoms with Crippen LogP contribution in [0.15, 0.2) is 84.0 Å². The van der Waals surface area contributed by atoms with E-state index in [-0.39, 0.29) is 57.5 Å². The number of benzene rings is 2. The van der Waals surface area contributed by atoms with Gasteiger partial charge in [0.25, 0.3) is 11.8 Å². The van der Waals surface area contributed by atoms with Crippen molar-refractivity contribution in [3.8, 4) is 0 Å². The van der Waals surface area contributed by atoms with E-state index >= 15 is 0 Å². The van der Waals surface area contributed by atoms with E-state index in [9.17, 15) is 28.8 Å². The molecule has 2 unspecified atom stereocenters. The van der Waals surface area contributed by atoms with Crippen LogP contribution < -0.4 is 31.7 Å². The molecule has 3 aliphatic rings. The van der Waals surface area contributed by atoms with Crippen molar-refractivity contribution >= 4 is 35.4 Å². The van der Waals surface area contributed by atoms with Gasteiger partial charge >= 0.3 is 223 Å². The molecule has 2 aromatic carbocycles. The summed E-state index contributed by atoms with van der Waals surface area (Å²) in [4.78, 5) is 84.0. The monoisotopic (exact) mass is 895 g/mol. The van der Waals surface area contributed by atoms with Gasteiger partial charge in [-0.2, -0.15) is 0 Å². The molecule has 2 atom stereocenters. The van der Waals surface area contributed by atoms with Gasteiger partial charge in [-0.05, 0) is 0 Å². The predicted molar refractivity (Wildman–Crippen MR) is 212 cm³/mol. The molecule has 0 spiro atoms. The van der Waals surface area contributed by atoms with Crippen molar-refractivity contribution in [3.63, 3.8) is 0 Å². The fraction of sp³-hybridized carbons (Fsp3) is 0.442. The predicted octanol–water partition coefficient (Wildman–Crippen LogP) is -2.38. The van der Waals surface area contributed by atoms with E-state index in [1.165, 1.54) is 55.0 Å². The van der Waals surface area contributed by atoms with Crippen molar-refractivity contribution in [1.29, 1.82) is 0 Å². The van der Waals surface area contributed by atoms with Crippen LogP contribution in [-0.4, -0.2) is 143 Å². The van der Waals surface area contributed by atoms with Crippen molar-refractivity contribution < 1.29 is 62.3 Å². The summed E-state index contributed by atoms with van der Waals surface area (Å²) in [6.07, 6.45) is 8.35. The van der Waals surface area contributed by atoms with Gasteiger partial charge in [0.1, 0.15) is 13.1 Å². The number of nitrogens with zero attached hydrogens (tertiary/aromatic N) is 5. The third-order valence-electron chi connectivity index (χ3n) is 10.9. The minimum absolute atomic E-state index is 0.0112. The number of hydrogen-bond donors (Lipinski definition) is 2. The molecule has 0 fully saturated rings. The summed E-state index contributed by atoms with van der Waals surface area (Å²) < 4.78 is 1.25. The maximum atomic E-state index is 13.6. The third-order valence-corrected chi connectivity index (χ3v) is 14.1. The number of rotatable bonds is 22. The normalized spacial score (nSPS) is 17.7. The molecule has 0 saturated heterocycles. The second-order valence-corrected chi connectivity index (χ2v) is 19.4. The van der Waals surface area contributed by atoms with E-state index in [0.29, 0.717) is 37.2 Å². The van der Waals surface area contributed by atoms with Crippen LogP contribution in [0.5, 0.6) is 0 Å². The minimum atomic E-state index is -0.550. The molecule has 14 heteroatoms. The van der Waals surface area contributed by atoms with Gasteiger partial charge < -0.3 is 4.90 Å². The average Bonchev–Trinajstić information content (AvgIpc) is 3.76. The fourth-order valence-electron chi connectivity index (χ4n) is 7.28. The van der Waals surface area contributed by atoms with E-state index < -0.39 is 23.6 Å². The number of unbranched alkanes of at least 4 members (excludes halogenated alkanes) is 1. The zero-order valence-electron chi connectivity index (χ0n) is 34.2. The molecule has 0 saturated carbocycles. The first-order valence-corrected chi connectivity index (χ1v) is 22.7. The van der Waals surface area contributed by atoms with Crippen molar-refractivity contribution in [3.05, 3.63) is 106 Å². The number of carbonyl (C=O) groups excluding carboxylic acids is 6. The van der Waals surface area contributed by atoms with Gasteiger partial charge in [0, 0.05) is 23.3 Å². The van der Waals surface area contributed by atoms with Crippen molar-refractivity contribution in [2.24, 2.45) is 0 Å². The Morgan fingerprint density at radius 2 is 1.14 bits per heavy atom. The zero-order chi connectivity index (χ0) is 41.3. The summed E-state index contributed by atoms with van der Waals surface area (Å²) >= 11 is -0.298. The van der Waals surface area contributed by atoms with Gasteiger partial charge in [0.2, 0.25) is 0 Å². The maximum absolute atomic E-state index is 13.6. The molecule has 13 nitrogen and oxygen atoms in total.